The minimum atomic E-state index is -0.855. The number of Topliss-reactive ketones (excluding diaryl/α,β-unsaturated/α-hetero) is 1. The van der Waals surface area contributed by atoms with Crippen molar-refractivity contribution in [3.63, 3.8) is 0 Å². The molecule has 0 heterocycles. The number of rotatable bonds is 29. The van der Waals surface area contributed by atoms with Gasteiger partial charge in [-0.15, -0.1) is 0 Å². The number of unbranched alkanes of at least 4 members (excludes halogenated alkanes) is 12. The molecule has 8 heteroatoms. The maximum absolute atomic E-state index is 12.4. The number of ketones is 1. The second-order valence-electron chi connectivity index (χ2n) is 13.9. The molecule has 1 fully saturated rings. The van der Waals surface area contributed by atoms with Crippen LogP contribution in [-0.2, 0) is 23.9 Å². The zero-order valence-corrected chi connectivity index (χ0v) is 29.9. The van der Waals surface area contributed by atoms with E-state index in [2.05, 4.69) is 20.8 Å². The van der Waals surface area contributed by atoms with E-state index >= 15 is 0 Å². The van der Waals surface area contributed by atoms with Gasteiger partial charge in [-0.1, -0.05) is 129 Å². The molecule has 1 rings (SSSR count). The smallest absolute Gasteiger partial charge is 0.306 e. The molecule has 47 heavy (non-hydrogen) atoms. The fourth-order valence-corrected chi connectivity index (χ4v) is 6.07. The Balaban J connectivity index is 2.15. The van der Waals surface area contributed by atoms with Crippen molar-refractivity contribution in [2.24, 2.45) is 17.8 Å². The molecule has 0 saturated heterocycles. The van der Waals surface area contributed by atoms with E-state index in [9.17, 15) is 29.7 Å². The second-order valence-corrected chi connectivity index (χ2v) is 13.9. The van der Waals surface area contributed by atoms with E-state index in [1.165, 1.54) is 51.4 Å². The molecule has 0 unspecified atom stereocenters. The summed E-state index contributed by atoms with van der Waals surface area (Å²) in [6.45, 7) is 6.11. The quantitative estimate of drug-likeness (QED) is 0.0417. The van der Waals surface area contributed by atoms with Crippen LogP contribution in [0.1, 0.15) is 156 Å². The molecule has 0 aromatic carbocycles. The Kier molecular flexibility index (Phi) is 25.5. The fraction of sp³-hybridized carbons (Fsp3) is 0.821. The molecule has 0 bridgehead atoms. The van der Waals surface area contributed by atoms with Crippen molar-refractivity contribution in [3.8, 4) is 0 Å². The van der Waals surface area contributed by atoms with Crippen molar-refractivity contribution < 1.29 is 39.2 Å². The van der Waals surface area contributed by atoms with Crippen LogP contribution in [0.2, 0.25) is 0 Å². The third-order valence-corrected chi connectivity index (χ3v) is 9.05. The molecule has 272 valence electrons. The largest absolute Gasteiger partial charge is 0.462 e. The highest BCUT2D eigenvalue weighted by Gasteiger charge is 2.39. The number of carbonyl (C=O) groups excluding carboxylic acids is 3. The van der Waals surface area contributed by atoms with Gasteiger partial charge in [0.15, 0.2) is 6.10 Å². The van der Waals surface area contributed by atoms with Crippen LogP contribution in [0.15, 0.2) is 24.3 Å². The Morgan fingerprint density at radius 2 is 1.47 bits per heavy atom. The monoisotopic (exact) mass is 664 g/mol. The normalized spacial score (nSPS) is 19.6. The van der Waals surface area contributed by atoms with Gasteiger partial charge in [0.2, 0.25) is 0 Å². The summed E-state index contributed by atoms with van der Waals surface area (Å²) in [5.74, 6) is -0.593. The van der Waals surface area contributed by atoms with Gasteiger partial charge in [-0.25, -0.2) is 0 Å². The SMILES string of the molecule is CCCCC[C@H](O)/C=C/[C@H]1C(=O)C[C@H](O)[C@@H]1C/C=C\CCCC(=O)OC[C@H](CO)OC(=O)CCCCCCCCCCCCC(C)C. The molecule has 0 aromatic rings. The zero-order valence-electron chi connectivity index (χ0n) is 29.9. The molecule has 1 aliphatic carbocycles. The summed E-state index contributed by atoms with van der Waals surface area (Å²) in [7, 11) is 0. The van der Waals surface area contributed by atoms with Crippen LogP contribution in [-0.4, -0.2) is 64.6 Å². The summed E-state index contributed by atoms with van der Waals surface area (Å²) in [6.07, 6.45) is 24.6. The molecule has 3 N–H and O–H groups in total. The Morgan fingerprint density at radius 3 is 2.11 bits per heavy atom. The van der Waals surface area contributed by atoms with Gasteiger partial charge in [-0.3, -0.25) is 14.4 Å². The highest BCUT2D eigenvalue weighted by molar-refractivity contribution is 5.86. The van der Waals surface area contributed by atoms with E-state index in [0.717, 1.165) is 44.4 Å². The van der Waals surface area contributed by atoms with Crippen LogP contribution in [0.25, 0.3) is 0 Å². The predicted molar refractivity (Wildman–Crippen MR) is 188 cm³/mol. The van der Waals surface area contributed by atoms with Gasteiger partial charge in [-0.05, 0) is 38.0 Å². The average Bonchev–Trinajstić information content (AvgIpc) is 3.31. The van der Waals surface area contributed by atoms with E-state index in [1.54, 1.807) is 12.2 Å². The van der Waals surface area contributed by atoms with Crippen molar-refractivity contribution in [2.45, 2.75) is 174 Å². The van der Waals surface area contributed by atoms with Crippen LogP contribution >= 0.6 is 0 Å². The maximum atomic E-state index is 12.4. The fourth-order valence-electron chi connectivity index (χ4n) is 6.07. The van der Waals surface area contributed by atoms with E-state index in [0.29, 0.717) is 32.1 Å². The standard InChI is InChI=1S/C39H68O8/c1-4-5-16-22-32(41)26-27-35-34(36(42)28-37(35)43)23-18-14-15-19-24-38(44)46-30-33(29-40)47-39(45)25-20-13-11-9-7-6-8-10-12-17-21-31(2)3/h14,18,26-27,31-36,40-42H,4-13,15-17,19-25,28-30H2,1-3H3/b18-14-,27-26+/t32-,33-,34+,35+,36-/m0/s1. The molecule has 1 saturated carbocycles. The Morgan fingerprint density at radius 1 is 0.851 bits per heavy atom. The predicted octanol–water partition coefficient (Wildman–Crippen LogP) is 7.95. The average molecular weight is 665 g/mol. The molecule has 0 aromatic heterocycles. The number of hydrogen-bond donors (Lipinski definition) is 3. The lowest BCUT2D eigenvalue weighted by Crippen LogP contribution is -2.28. The van der Waals surface area contributed by atoms with Crippen LogP contribution in [0.4, 0.5) is 0 Å². The number of hydrogen-bond acceptors (Lipinski definition) is 8. The molecule has 0 spiro atoms. The first kappa shape index (κ1) is 43.0. The topological polar surface area (TPSA) is 130 Å². The number of carbonyl (C=O) groups is 3. The number of aliphatic hydroxyl groups excluding tert-OH is 3. The lowest BCUT2D eigenvalue weighted by molar-refractivity contribution is -0.161. The summed E-state index contributed by atoms with van der Waals surface area (Å²) in [6, 6.07) is 0. The van der Waals surface area contributed by atoms with E-state index in [-0.39, 0.29) is 37.1 Å². The molecule has 0 amide bonds. The Bertz CT molecular complexity index is 882. The Hall–Kier alpha value is -2.03. The van der Waals surface area contributed by atoms with Crippen LogP contribution in [0, 0.1) is 17.8 Å². The summed E-state index contributed by atoms with van der Waals surface area (Å²) in [5.41, 5.74) is 0. The van der Waals surface area contributed by atoms with Crippen molar-refractivity contribution in [1.29, 1.82) is 0 Å². The first-order valence-corrected chi connectivity index (χ1v) is 18.9. The van der Waals surface area contributed by atoms with Crippen molar-refractivity contribution in [3.05, 3.63) is 24.3 Å². The summed E-state index contributed by atoms with van der Waals surface area (Å²) < 4.78 is 10.5. The number of allylic oxidation sites excluding steroid dienone is 3. The third kappa shape index (κ3) is 22.3. The minimum absolute atomic E-state index is 0.00154. The molecule has 8 nitrogen and oxygen atoms in total. The minimum Gasteiger partial charge on any atom is -0.462 e. The van der Waals surface area contributed by atoms with Gasteiger partial charge < -0.3 is 24.8 Å². The first-order valence-electron chi connectivity index (χ1n) is 18.9. The van der Waals surface area contributed by atoms with Gasteiger partial charge in [-0.2, -0.15) is 0 Å². The molecule has 1 aliphatic rings. The van der Waals surface area contributed by atoms with Crippen molar-refractivity contribution in [2.75, 3.05) is 13.2 Å². The van der Waals surface area contributed by atoms with Gasteiger partial charge >= 0.3 is 11.9 Å². The van der Waals surface area contributed by atoms with Gasteiger partial charge in [0, 0.05) is 31.1 Å². The van der Waals surface area contributed by atoms with E-state index < -0.39 is 36.8 Å². The van der Waals surface area contributed by atoms with Gasteiger partial charge in [0.05, 0.1) is 18.8 Å². The van der Waals surface area contributed by atoms with Crippen LogP contribution in [0.3, 0.4) is 0 Å². The summed E-state index contributed by atoms with van der Waals surface area (Å²) in [5, 5.41) is 30.1. The number of esters is 2. The second kappa shape index (κ2) is 27.9. The molecular weight excluding hydrogens is 596 g/mol. The first-order chi connectivity index (χ1) is 22.7. The van der Waals surface area contributed by atoms with Gasteiger partial charge in [0.25, 0.3) is 0 Å². The van der Waals surface area contributed by atoms with Crippen LogP contribution < -0.4 is 0 Å². The Labute approximate surface area is 285 Å². The van der Waals surface area contributed by atoms with Gasteiger partial charge in [0.1, 0.15) is 12.4 Å². The molecular formula is C39H68O8. The third-order valence-electron chi connectivity index (χ3n) is 9.05. The van der Waals surface area contributed by atoms with Crippen molar-refractivity contribution in [1.82, 2.24) is 0 Å². The lowest BCUT2D eigenvalue weighted by Gasteiger charge is -2.17. The maximum Gasteiger partial charge on any atom is 0.306 e. The molecule has 0 aliphatic heterocycles. The number of ether oxygens (including phenoxy) is 2. The van der Waals surface area contributed by atoms with E-state index in [4.69, 9.17) is 9.47 Å². The number of aliphatic hydroxyl groups is 3. The molecule has 5 atom stereocenters. The highest BCUT2D eigenvalue weighted by atomic mass is 16.6. The van der Waals surface area contributed by atoms with Crippen molar-refractivity contribution >= 4 is 17.7 Å². The summed E-state index contributed by atoms with van der Waals surface area (Å²) in [4.78, 5) is 36.7. The highest BCUT2D eigenvalue weighted by Crippen LogP contribution is 2.33. The summed E-state index contributed by atoms with van der Waals surface area (Å²) >= 11 is 0. The zero-order chi connectivity index (χ0) is 34.7. The molecule has 0 radical (unpaired) electrons. The van der Waals surface area contributed by atoms with Crippen LogP contribution in [0.5, 0.6) is 0 Å². The van der Waals surface area contributed by atoms with E-state index in [1.807, 2.05) is 12.2 Å². The lowest BCUT2D eigenvalue weighted by atomic mass is 9.90.